The van der Waals surface area contributed by atoms with Gasteiger partial charge in [-0.05, 0) is 19.1 Å². The van der Waals surface area contributed by atoms with E-state index in [9.17, 15) is 0 Å². The topological polar surface area (TPSA) is 55.4 Å². The summed E-state index contributed by atoms with van der Waals surface area (Å²) >= 11 is 0. The van der Waals surface area contributed by atoms with E-state index in [0.29, 0.717) is 57.7 Å². The molecule has 1 aliphatic heterocycles. The van der Waals surface area contributed by atoms with Crippen LogP contribution in [0.4, 0.5) is 0 Å². The molecule has 1 heterocycles. The standard InChI is InChI=1S/C15H22O6/c1-2-16-7-8-17-9-10-18-11-12-19-15-20-13-5-3-4-6-14(13)21-15/h3-6,15H,2,7-12H2,1H3. The second kappa shape index (κ2) is 9.57. The van der Waals surface area contributed by atoms with Gasteiger partial charge in [0.25, 0.3) is 0 Å². The molecule has 0 amide bonds. The van der Waals surface area contributed by atoms with E-state index in [4.69, 9.17) is 28.4 Å². The van der Waals surface area contributed by atoms with Crippen molar-refractivity contribution in [1.29, 1.82) is 0 Å². The number of fused-ring (bicyclic) bond motifs is 1. The van der Waals surface area contributed by atoms with E-state index in [1.54, 1.807) is 0 Å². The summed E-state index contributed by atoms with van der Waals surface area (Å²) < 4.78 is 32.2. The van der Waals surface area contributed by atoms with Crippen LogP contribution >= 0.6 is 0 Å². The largest absolute Gasteiger partial charge is 0.428 e. The molecule has 0 N–H and O–H groups in total. The van der Waals surface area contributed by atoms with E-state index >= 15 is 0 Å². The molecule has 0 saturated heterocycles. The average Bonchev–Trinajstić information content (AvgIpc) is 2.92. The molecular formula is C15H22O6. The Morgan fingerprint density at radius 3 is 1.90 bits per heavy atom. The van der Waals surface area contributed by atoms with Crippen molar-refractivity contribution < 1.29 is 28.4 Å². The number of para-hydroxylation sites is 2. The molecule has 6 nitrogen and oxygen atoms in total. The molecule has 6 heteroatoms. The highest BCUT2D eigenvalue weighted by atomic mass is 16.9. The summed E-state index contributed by atoms with van der Waals surface area (Å²) in [5.74, 6) is 1.40. The Bertz CT molecular complexity index is 373. The molecule has 0 saturated carbocycles. The molecule has 0 spiro atoms. The minimum absolute atomic E-state index is 0.400. The highest BCUT2D eigenvalue weighted by Gasteiger charge is 2.23. The van der Waals surface area contributed by atoms with E-state index in [0.717, 1.165) is 0 Å². The molecule has 0 fully saturated rings. The van der Waals surface area contributed by atoms with Gasteiger partial charge in [-0.25, -0.2) is 0 Å². The van der Waals surface area contributed by atoms with E-state index < -0.39 is 6.48 Å². The summed E-state index contributed by atoms with van der Waals surface area (Å²) in [7, 11) is 0. The van der Waals surface area contributed by atoms with Gasteiger partial charge >= 0.3 is 6.48 Å². The highest BCUT2D eigenvalue weighted by molar-refractivity contribution is 5.41. The minimum atomic E-state index is -0.687. The first-order valence-electron chi connectivity index (χ1n) is 7.17. The van der Waals surface area contributed by atoms with Crippen molar-refractivity contribution in [2.45, 2.75) is 13.4 Å². The Balaban J connectivity index is 1.41. The fourth-order valence-electron chi connectivity index (χ4n) is 1.73. The lowest BCUT2D eigenvalue weighted by Crippen LogP contribution is -2.24. The van der Waals surface area contributed by atoms with Crippen molar-refractivity contribution in [3.8, 4) is 11.5 Å². The van der Waals surface area contributed by atoms with Gasteiger partial charge in [0, 0.05) is 6.61 Å². The maximum Gasteiger partial charge on any atom is 0.361 e. The number of hydrogen-bond acceptors (Lipinski definition) is 6. The summed E-state index contributed by atoms with van der Waals surface area (Å²) in [5.41, 5.74) is 0. The number of rotatable bonds is 11. The number of ether oxygens (including phenoxy) is 6. The van der Waals surface area contributed by atoms with Crippen molar-refractivity contribution in [2.75, 3.05) is 46.2 Å². The molecule has 0 atom stereocenters. The third-order valence-corrected chi connectivity index (χ3v) is 2.73. The molecular weight excluding hydrogens is 276 g/mol. The van der Waals surface area contributed by atoms with Crippen molar-refractivity contribution in [1.82, 2.24) is 0 Å². The summed E-state index contributed by atoms with van der Waals surface area (Å²) in [6.45, 7) is 5.15. The average molecular weight is 298 g/mol. The molecule has 1 aromatic carbocycles. The lowest BCUT2D eigenvalue weighted by molar-refractivity contribution is -0.184. The minimum Gasteiger partial charge on any atom is -0.428 e. The Hall–Kier alpha value is -1.34. The lowest BCUT2D eigenvalue weighted by atomic mass is 10.3. The molecule has 2 rings (SSSR count). The molecule has 0 aromatic heterocycles. The molecule has 0 aliphatic carbocycles. The Morgan fingerprint density at radius 1 is 0.810 bits per heavy atom. The first-order valence-corrected chi connectivity index (χ1v) is 7.17. The predicted octanol–water partition coefficient (Wildman–Crippen LogP) is 1.83. The second-order valence-electron chi connectivity index (χ2n) is 4.26. The molecule has 0 unspecified atom stereocenters. The van der Waals surface area contributed by atoms with Crippen LogP contribution < -0.4 is 9.47 Å². The lowest BCUT2D eigenvalue weighted by Gasteiger charge is -2.11. The third kappa shape index (κ3) is 5.89. The maximum absolute atomic E-state index is 5.45. The van der Waals surface area contributed by atoms with Gasteiger partial charge in [-0.2, -0.15) is 0 Å². The monoisotopic (exact) mass is 298 g/mol. The van der Waals surface area contributed by atoms with Crippen LogP contribution in [-0.2, 0) is 18.9 Å². The normalized spacial score (nSPS) is 13.8. The zero-order valence-corrected chi connectivity index (χ0v) is 12.3. The van der Waals surface area contributed by atoms with Gasteiger partial charge < -0.3 is 28.4 Å². The van der Waals surface area contributed by atoms with Crippen LogP contribution in [-0.4, -0.2) is 52.7 Å². The van der Waals surface area contributed by atoms with Gasteiger partial charge in [0.2, 0.25) is 0 Å². The Morgan fingerprint density at radius 2 is 1.33 bits per heavy atom. The molecule has 21 heavy (non-hydrogen) atoms. The van der Waals surface area contributed by atoms with Crippen LogP contribution in [0.5, 0.6) is 11.5 Å². The molecule has 118 valence electrons. The molecule has 1 aliphatic rings. The van der Waals surface area contributed by atoms with Gasteiger partial charge in [-0.15, -0.1) is 0 Å². The molecule has 1 aromatic rings. The first-order chi connectivity index (χ1) is 10.4. The Labute approximate surface area is 124 Å². The van der Waals surface area contributed by atoms with Crippen molar-refractivity contribution in [3.63, 3.8) is 0 Å². The van der Waals surface area contributed by atoms with Crippen molar-refractivity contribution in [2.24, 2.45) is 0 Å². The van der Waals surface area contributed by atoms with Crippen molar-refractivity contribution >= 4 is 0 Å². The predicted molar refractivity (Wildman–Crippen MR) is 75.6 cm³/mol. The van der Waals surface area contributed by atoms with Crippen LogP contribution in [0, 0.1) is 0 Å². The molecule has 0 bridgehead atoms. The van der Waals surface area contributed by atoms with Crippen LogP contribution in [0.15, 0.2) is 24.3 Å². The summed E-state index contributed by atoms with van der Waals surface area (Å²) in [6, 6.07) is 7.46. The van der Waals surface area contributed by atoms with E-state index in [1.165, 1.54) is 0 Å². The Kier molecular flexibility index (Phi) is 7.31. The van der Waals surface area contributed by atoms with Gasteiger partial charge in [0.15, 0.2) is 11.5 Å². The van der Waals surface area contributed by atoms with Gasteiger partial charge in [0.1, 0.15) is 0 Å². The fraction of sp³-hybridized carbons (Fsp3) is 0.600. The van der Waals surface area contributed by atoms with Crippen LogP contribution in [0.25, 0.3) is 0 Å². The zero-order chi connectivity index (χ0) is 14.8. The van der Waals surface area contributed by atoms with E-state index in [1.807, 2.05) is 31.2 Å². The van der Waals surface area contributed by atoms with Gasteiger partial charge in [-0.1, -0.05) is 12.1 Å². The summed E-state index contributed by atoms with van der Waals surface area (Å²) in [5, 5.41) is 0. The second-order valence-corrected chi connectivity index (χ2v) is 4.26. The SMILES string of the molecule is CCOCCOCCOCCOC1Oc2ccccc2O1. The van der Waals surface area contributed by atoms with Gasteiger partial charge in [0.05, 0.1) is 39.6 Å². The highest BCUT2D eigenvalue weighted by Crippen LogP contribution is 2.33. The zero-order valence-electron chi connectivity index (χ0n) is 12.3. The van der Waals surface area contributed by atoms with E-state index in [-0.39, 0.29) is 0 Å². The quantitative estimate of drug-likeness (QED) is 0.581. The fourth-order valence-corrected chi connectivity index (χ4v) is 1.73. The number of hydrogen-bond donors (Lipinski definition) is 0. The summed E-state index contributed by atoms with van der Waals surface area (Å²) in [6.07, 6.45) is 0. The van der Waals surface area contributed by atoms with E-state index in [2.05, 4.69) is 0 Å². The van der Waals surface area contributed by atoms with Crippen LogP contribution in [0.1, 0.15) is 6.92 Å². The summed E-state index contributed by atoms with van der Waals surface area (Å²) in [4.78, 5) is 0. The maximum atomic E-state index is 5.45. The third-order valence-electron chi connectivity index (χ3n) is 2.73. The van der Waals surface area contributed by atoms with Crippen molar-refractivity contribution in [3.05, 3.63) is 24.3 Å². The van der Waals surface area contributed by atoms with Gasteiger partial charge in [-0.3, -0.25) is 0 Å². The first kappa shape index (κ1) is 16.0. The van der Waals surface area contributed by atoms with Crippen LogP contribution in [0.3, 0.4) is 0 Å². The number of benzene rings is 1. The van der Waals surface area contributed by atoms with Crippen LogP contribution in [0.2, 0.25) is 0 Å². The molecule has 0 radical (unpaired) electrons. The smallest absolute Gasteiger partial charge is 0.361 e.